The molecule has 3 aromatic rings. The molecule has 0 unspecified atom stereocenters. The number of carbonyl (C=O) groups is 1. The van der Waals surface area contributed by atoms with Gasteiger partial charge in [0.1, 0.15) is 0 Å². The highest BCUT2D eigenvalue weighted by Gasteiger charge is 2.26. The van der Waals surface area contributed by atoms with Crippen molar-refractivity contribution in [2.24, 2.45) is 0 Å². The summed E-state index contributed by atoms with van der Waals surface area (Å²) in [5.41, 5.74) is 3.35. The zero-order chi connectivity index (χ0) is 16.5. The first-order chi connectivity index (χ1) is 11.8. The maximum atomic E-state index is 12.6. The number of nitriles is 1. The van der Waals surface area contributed by atoms with Gasteiger partial charge in [0.15, 0.2) is 0 Å². The van der Waals surface area contributed by atoms with Crippen LogP contribution >= 0.6 is 12.4 Å². The first-order valence-electron chi connectivity index (χ1n) is 7.71. The zero-order valence-electron chi connectivity index (χ0n) is 13.3. The van der Waals surface area contributed by atoms with Crippen molar-refractivity contribution < 1.29 is 4.79 Å². The van der Waals surface area contributed by atoms with Gasteiger partial charge in [0.05, 0.1) is 23.5 Å². The summed E-state index contributed by atoms with van der Waals surface area (Å²) in [5, 5.41) is 14.1. The minimum atomic E-state index is -0.169. The summed E-state index contributed by atoms with van der Waals surface area (Å²) in [7, 11) is 0. The van der Waals surface area contributed by atoms with E-state index in [0.717, 1.165) is 28.4 Å². The van der Waals surface area contributed by atoms with Crippen molar-refractivity contribution in [1.29, 1.82) is 5.26 Å². The van der Waals surface area contributed by atoms with Crippen LogP contribution in [0.4, 0.5) is 16.2 Å². The number of anilines is 2. The molecule has 1 aromatic heterocycles. The van der Waals surface area contributed by atoms with Crippen molar-refractivity contribution in [2.45, 2.75) is 6.42 Å². The van der Waals surface area contributed by atoms with Crippen LogP contribution < -0.4 is 10.2 Å². The van der Waals surface area contributed by atoms with Crippen LogP contribution in [0, 0.1) is 11.3 Å². The Morgan fingerprint density at radius 3 is 2.80 bits per heavy atom. The third kappa shape index (κ3) is 2.88. The van der Waals surface area contributed by atoms with E-state index in [4.69, 9.17) is 0 Å². The molecule has 0 fully saturated rings. The van der Waals surface area contributed by atoms with Crippen molar-refractivity contribution >= 4 is 40.6 Å². The molecule has 124 valence electrons. The smallest absolute Gasteiger partial charge is 0.306 e. The Labute approximate surface area is 151 Å². The summed E-state index contributed by atoms with van der Waals surface area (Å²) >= 11 is 0. The third-order valence-electron chi connectivity index (χ3n) is 4.30. The van der Waals surface area contributed by atoms with Gasteiger partial charge < -0.3 is 5.32 Å². The molecule has 4 rings (SSSR count). The fourth-order valence-corrected chi connectivity index (χ4v) is 3.20. The van der Waals surface area contributed by atoms with E-state index in [1.807, 2.05) is 36.4 Å². The van der Waals surface area contributed by atoms with Gasteiger partial charge in [-0.3, -0.25) is 9.88 Å². The van der Waals surface area contributed by atoms with Crippen LogP contribution in [0.1, 0.15) is 11.1 Å². The lowest BCUT2D eigenvalue weighted by atomic mass is 9.99. The van der Waals surface area contributed by atoms with Crippen LogP contribution in [0.25, 0.3) is 10.8 Å². The number of nitrogens with zero attached hydrogens (tertiary/aromatic N) is 3. The van der Waals surface area contributed by atoms with Crippen LogP contribution in [-0.4, -0.2) is 17.6 Å². The molecule has 0 saturated heterocycles. The molecule has 6 heteroatoms. The lowest BCUT2D eigenvalue weighted by Crippen LogP contribution is -2.33. The Morgan fingerprint density at radius 2 is 2.04 bits per heavy atom. The molecular weight excluding hydrogens is 336 g/mol. The Balaban J connectivity index is 0.00000182. The Bertz CT molecular complexity index is 982. The highest BCUT2D eigenvalue weighted by Crippen LogP contribution is 2.35. The Kier molecular flexibility index (Phi) is 4.55. The summed E-state index contributed by atoms with van der Waals surface area (Å²) < 4.78 is 0. The molecule has 0 saturated carbocycles. The van der Waals surface area contributed by atoms with Gasteiger partial charge in [-0.25, -0.2) is 4.79 Å². The lowest BCUT2D eigenvalue weighted by molar-refractivity contribution is 0.257. The van der Waals surface area contributed by atoms with Crippen LogP contribution in [0.3, 0.4) is 0 Å². The number of benzene rings is 2. The molecule has 2 amide bonds. The maximum Gasteiger partial charge on any atom is 0.326 e. The quantitative estimate of drug-likeness (QED) is 0.717. The highest BCUT2D eigenvalue weighted by atomic mass is 35.5. The molecular formula is C19H15ClN4O. The lowest BCUT2D eigenvalue weighted by Gasteiger charge is -2.18. The van der Waals surface area contributed by atoms with E-state index in [-0.39, 0.29) is 18.4 Å². The first-order valence-corrected chi connectivity index (χ1v) is 7.71. The molecule has 0 bridgehead atoms. The molecule has 1 aliphatic heterocycles. The number of amides is 2. The van der Waals surface area contributed by atoms with Gasteiger partial charge in [0, 0.05) is 18.4 Å². The van der Waals surface area contributed by atoms with Crippen molar-refractivity contribution in [3.8, 4) is 6.07 Å². The van der Waals surface area contributed by atoms with Crippen LogP contribution in [0.2, 0.25) is 0 Å². The molecule has 5 nitrogen and oxygen atoms in total. The summed E-state index contributed by atoms with van der Waals surface area (Å²) in [4.78, 5) is 18.3. The van der Waals surface area contributed by atoms with Crippen molar-refractivity contribution in [2.75, 3.05) is 16.8 Å². The van der Waals surface area contributed by atoms with E-state index >= 15 is 0 Å². The minimum Gasteiger partial charge on any atom is -0.306 e. The molecule has 0 atom stereocenters. The molecule has 2 aromatic carbocycles. The molecule has 1 aliphatic rings. The number of carbonyl (C=O) groups excluding carboxylic acids is 1. The number of aromatic nitrogens is 1. The molecule has 0 spiro atoms. The van der Waals surface area contributed by atoms with E-state index in [0.29, 0.717) is 17.8 Å². The van der Waals surface area contributed by atoms with E-state index in [1.165, 1.54) is 0 Å². The topological polar surface area (TPSA) is 69.0 Å². The number of pyridine rings is 1. The number of hydrogen-bond donors (Lipinski definition) is 1. The minimum absolute atomic E-state index is 0. The van der Waals surface area contributed by atoms with Crippen LogP contribution in [0.15, 0.2) is 54.9 Å². The van der Waals surface area contributed by atoms with Crippen molar-refractivity contribution in [3.63, 3.8) is 0 Å². The summed E-state index contributed by atoms with van der Waals surface area (Å²) in [6, 6.07) is 15.2. The van der Waals surface area contributed by atoms with E-state index < -0.39 is 0 Å². The predicted molar refractivity (Wildman–Crippen MR) is 100 cm³/mol. The summed E-state index contributed by atoms with van der Waals surface area (Å²) in [6.07, 6.45) is 4.07. The van der Waals surface area contributed by atoms with Gasteiger partial charge in [0.2, 0.25) is 0 Å². The third-order valence-corrected chi connectivity index (χ3v) is 4.30. The number of nitrogens with one attached hydrogen (secondary N) is 1. The number of halogens is 1. The second kappa shape index (κ2) is 6.80. The number of rotatable bonds is 1. The highest BCUT2D eigenvalue weighted by molar-refractivity contribution is 6.06. The molecule has 2 heterocycles. The normalized spacial score (nSPS) is 12.2. The van der Waals surface area contributed by atoms with Gasteiger partial charge in [0.25, 0.3) is 0 Å². The van der Waals surface area contributed by atoms with Gasteiger partial charge in [-0.2, -0.15) is 5.26 Å². The largest absolute Gasteiger partial charge is 0.326 e. The summed E-state index contributed by atoms with van der Waals surface area (Å²) in [6.45, 7) is 0.622. The van der Waals surface area contributed by atoms with Gasteiger partial charge in [-0.05, 0) is 47.0 Å². The molecule has 0 aliphatic carbocycles. The second-order valence-corrected chi connectivity index (χ2v) is 5.65. The van der Waals surface area contributed by atoms with Crippen molar-refractivity contribution in [3.05, 3.63) is 66.0 Å². The Morgan fingerprint density at radius 1 is 1.16 bits per heavy atom. The SMILES string of the molecule is Cl.N#Cc1cccc2c3c(ccc12)N(C(=O)Nc1cccnc1)CC3. The molecule has 25 heavy (non-hydrogen) atoms. The second-order valence-electron chi connectivity index (χ2n) is 5.65. The molecule has 1 N–H and O–H groups in total. The van der Waals surface area contributed by atoms with Crippen molar-refractivity contribution in [1.82, 2.24) is 4.98 Å². The first kappa shape index (κ1) is 16.7. The number of fused-ring (bicyclic) bond motifs is 3. The van der Waals surface area contributed by atoms with E-state index in [2.05, 4.69) is 16.4 Å². The fraction of sp³-hybridized carbons (Fsp3) is 0.105. The van der Waals surface area contributed by atoms with E-state index in [1.54, 1.807) is 23.4 Å². The summed E-state index contributed by atoms with van der Waals surface area (Å²) in [5.74, 6) is 0. The number of hydrogen-bond acceptors (Lipinski definition) is 3. The van der Waals surface area contributed by atoms with Gasteiger partial charge >= 0.3 is 6.03 Å². The van der Waals surface area contributed by atoms with Gasteiger partial charge in [-0.15, -0.1) is 12.4 Å². The van der Waals surface area contributed by atoms with Crippen LogP contribution in [0.5, 0.6) is 0 Å². The fourth-order valence-electron chi connectivity index (χ4n) is 3.20. The predicted octanol–water partition coefficient (Wildman–Crippen LogP) is 4.12. The molecule has 0 radical (unpaired) electrons. The Hall–Kier alpha value is -3.10. The van der Waals surface area contributed by atoms with E-state index in [9.17, 15) is 10.1 Å². The maximum absolute atomic E-state index is 12.6. The van der Waals surface area contributed by atoms with Crippen LogP contribution in [-0.2, 0) is 6.42 Å². The van der Waals surface area contributed by atoms with Gasteiger partial charge in [-0.1, -0.05) is 18.2 Å². The average molecular weight is 351 g/mol. The standard InChI is InChI=1S/C19H14N4O.ClH/c20-11-13-3-1-5-16-15(13)6-7-18-17(16)8-10-23(18)19(24)22-14-4-2-9-21-12-14;/h1-7,9,12H,8,10H2,(H,22,24);1H. The number of urea groups is 1. The average Bonchev–Trinajstić information content (AvgIpc) is 3.06. The monoisotopic (exact) mass is 350 g/mol. The zero-order valence-corrected chi connectivity index (χ0v) is 14.1.